The van der Waals surface area contributed by atoms with Gasteiger partial charge in [0.25, 0.3) is 0 Å². The molecule has 27 heavy (non-hydrogen) atoms. The van der Waals surface area contributed by atoms with Gasteiger partial charge in [-0.15, -0.1) is 0 Å². The Kier molecular flexibility index (Phi) is 9.09. The second-order valence-corrected chi connectivity index (χ2v) is 10.1. The molecule has 1 atom stereocenters. The maximum absolute atomic E-state index is 11.3. The van der Waals surface area contributed by atoms with Crippen molar-refractivity contribution in [2.24, 2.45) is 4.99 Å². The molecule has 1 aromatic carbocycles. The first kappa shape index (κ1) is 23.3. The van der Waals surface area contributed by atoms with Crippen molar-refractivity contribution in [2.75, 3.05) is 31.7 Å². The SMILES string of the molecule is CCNC(=NCCOc1ccccc1C(C)(C)C)NC(C)CCS(C)(=O)=O. The van der Waals surface area contributed by atoms with Crippen LogP contribution in [0.3, 0.4) is 0 Å². The van der Waals surface area contributed by atoms with E-state index >= 15 is 0 Å². The van der Waals surface area contributed by atoms with E-state index in [9.17, 15) is 8.42 Å². The Labute approximate surface area is 164 Å². The van der Waals surface area contributed by atoms with Gasteiger partial charge < -0.3 is 15.4 Å². The summed E-state index contributed by atoms with van der Waals surface area (Å²) in [7, 11) is -2.96. The molecule has 0 fully saturated rings. The van der Waals surface area contributed by atoms with Gasteiger partial charge in [-0.3, -0.25) is 0 Å². The maximum atomic E-state index is 11.3. The summed E-state index contributed by atoms with van der Waals surface area (Å²) in [5.41, 5.74) is 1.19. The van der Waals surface area contributed by atoms with Crippen molar-refractivity contribution in [3.8, 4) is 5.75 Å². The third-order valence-electron chi connectivity index (χ3n) is 3.96. The zero-order valence-corrected chi connectivity index (χ0v) is 18.3. The number of hydrogen-bond donors (Lipinski definition) is 2. The van der Waals surface area contributed by atoms with E-state index in [0.29, 0.717) is 25.5 Å². The molecule has 0 aliphatic rings. The summed E-state index contributed by atoms with van der Waals surface area (Å²) < 4.78 is 28.5. The minimum absolute atomic E-state index is 0.0139. The standard InChI is InChI=1S/C20H35N3O3S/c1-7-21-19(23-16(2)12-15-27(6,24)25)22-13-14-26-18-11-9-8-10-17(18)20(3,4)5/h8-11,16H,7,12-15H2,1-6H3,(H2,21,22,23). The van der Waals surface area contributed by atoms with Crippen LogP contribution < -0.4 is 15.4 Å². The quantitative estimate of drug-likeness (QED) is 0.380. The van der Waals surface area contributed by atoms with Crippen LogP contribution in [-0.4, -0.2) is 52.1 Å². The number of benzene rings is 1. The van der Waals surface area contributed by atoms with Crippen LogP contribution >= 0.6 is 0 Å². The normalized spacial score (nSPS) is 13.9. The van der Waals surface area contributed by atoms with Crippen LogP contribution in [0.2, 0.25) is 0 Å². The summed E-state index contributed by atoms with van der Waals surface area (Å²) in [4.78, 5) is 4.52. The Morgan fingerprint density at radius 2 is 1.93 bits per heavy atom. The summed E-state index contributed by atoms with van der Waals surface area (Å²) in [6.45, 7) is 12.2. The van der Waals surface area contributed by atoms with Gasteiger partial charge in [-0.05, 0) is 37.3 Å². The zero-order valence-electron chi connectivity index (χ0n) is 17.5. The molecule has 0 aliphatic carbocycles. The monoisotopic (exact) mass is 397 g/mol. The van der Waals surface area contributed by atoms with E-state index in [4.69, 9.17) is 4.74 Å². The van der Waals surface area contributed by atoms with Crippen LogP contribution in [0.1, 0.15) is 46.6 Å². The number of hydrogen-bond acceptors (Lipinski definition) is 4. The lowest BCUT2D eigenvalue weighted by Gasteiger charge is -2.22. The number of rotatable bonds is 9. The van der Waals surface area contributed by atoms with Crippen molar-refractivity contribution in [3.05, 3.63) is 29.8 Å². The molecular formula is C20H35N3O3S. The van der Waals surface area contributed by atoms with Gasteiger partial charge in [-0.2, -0.15) is 0 Å². The molecule has 0 aliphatic heterocycles. The summed E-state index contributed by atoms with van der Waals surface area (Å²) >= 11 is 0. The number of guanidine groups is 1. The van der Waals surface area contributed by atoms with Gasteiger partial charge in [-0.25, -0.2) is 13.4 Å². The molecule has 0 bridgehead atoms. The molecule has 0 spiro atoms. The first-order valence-electron chi connectivity index (χ1n) is 9.48. The Hall–Kier alpha value is -1.76. The molecule has 6 nitrogen and oxygen atoms in total. The lowest BCUT2D eigenvalue weighted by Crippen LogP contribution is -2.43. The van der Waals surface area contributed by atoms with E-state index in [0.717, 1.165) is 12.3 Å². The summed E-state index contributed by atoms with van der Waals surface area (Å²) in [6.07, 6.45) is 1.80. The molecule has 1 aromatic rings. The van der Waals surface area contributed by atoms with E-state index in [1.54, 1.807) is 0 Å². The second-order valence-electron chi connectivity index (χ2n) is 7.82. The Morgan fingerprint density at radius 1 is 1.26 bits per heavy atom. The molecule has 154 valence electrons. The first-order valence-corrected chi connectivity index (χ1v) is 11.5. The van der Waals surface area contributed by atoms with Gasteiger partial charge in [-0.1, -0.05) is 39.0 Å². The summed E-state index contributed by atoms with van der Waals surface area (Å²) in [5.74, 6) is 1.72. The van der Waals surface area contributed by atoms with Crippen molar-refractivity contribution in [1.29, 1.82) is 0 Å². The fourth-order valence-electron chi connectivity index (χ4n) is 2.54. The van der Waals surface area contributed by atoms with E-state index < -0.39 is 9.84 Å². The molecule has 2 N–H and O–H groups in total. The average molecular weight is 398 g/mol. The molecule has 7 heteroatoms. The summed E-state index contributed by atoms with van der Waals surface area (Å²) in [6, 6.07) is 8.09. The maximum Gasteiger partial charge on any atom is 0.191 e. The fourth-order valence-corrected chi connectivity index (χ4v) is 3.32. The zero-order chi connectivity index (χ0) is 20.5. The molecule has 1 unspecified atom stereocenters. The van der Waals surface area contributed by atoms with Crippen LogP contribution in [0.4, 0.5) is 0 Å². The van der Waals surface area contributed by atoms with Crippen molar-refractivity contribution in [3.63, 3.8) is 0 Å². The predicted octanol–water partition coefficient (Wildman–Crippen LogP) is 2.74. The van der Waals surface area contributed by atoms with Crippen LogP contribution in [0.15, 0.2) is 29.3 Å². The number of para-hydroxylation sites is 1. The highest BCUT2D eigenvalue weighted by Gasteiger charge is 2.18. The van der Waals surface area contributed by atoms with Crippen molar-refractivity contribution in [1.82, 2.24) is 10.6 Å². The van der Waals surface area contributed by atoms with E-state index in [2.05, 4.69) is 42.5 Å². The minimum atomic E-state index is -2.96. The lowest BCUT2D eigenvalue weighted by molar-refractivity contribution is 0.319. The number of nitrogens with one attached hydrogen (secondary N) is 2. The molecule has 0 saturated heterocycles. The van der Waals surface area contributed by atoms with Gasteiger partial charge >= 0.3 is 0 Å². The van der Waals surface area contributed by atoms with Gasteiger partial charge in [0.1, 0.15) is 22.2 Å². The Bertz CT molecular complexity index is 709. The van der Waals surface area contributed by atoms with Gasteiger partial charge in [0, 0.05) is 18.8 Å². The van der Waals surface area contributed by atoms with Crippen LogP contribution in [0.25, 0.3) is 0 Å². The second kappa shape index (κ2) is 10.5. The molecule has 1 rings (SSSR count). The molecule has 0 amide bonds. The fraction of sp³-hybridized carbons (Fsp3) is 0.650. The number of ether oxygens (including phenoxy) is 1. The Morgan fingerprint density at radius 3 is 2.52 bits per heavy atom. The van der Waals surface area contributed by atoms with E-state index in [1.807, 2.05) is 32.0 Å². The van der Waals surface area contributed by atoms with Crippen LogP contribution in [0, 0.1) is 0 Å². The lowest BCUT2D eigenvalue weighted by atomic mass is 9.86. The first-order chi connectivity index (χ1) is 12.5. The predicted molar refractivity (Wildman–Crippen MR) is 114 cm³/mol. The van der Waals surface area contributed by atoms with Crippen LogP contribution in [0.5, 0.6) is 5.75 Å². The Balaban J connectivity index is 2.60. The van der Waals surface area contributed by atoms with Crippen molar-refractivity contribution < 1.29 is 13.2 Å². The molecule has 0 radical (unpaired) electrons. The highest BCUT2D eigenvalue weighted by molar-refractivity contribution is 7.90. The molecule has 0 heterocycles. The third-order valence-corrected chi connectivity index (χ3v) is 4.94. The number of nitrogens with zero attached hydrogens (tertiary/aromatic N) is 1. The molecule has 0 aromatic heterocycles. The summed E-state index contributed by atoms with van der Waals surface area (Å²) in [5, 5.41) is 6.42. The largest absolute Gasteiger partial charge is 0.491 e. The number of sulfone groups is 1. The van der Waals surface area contributed by atoms with Gasteiger partial charge in [0.05, 0.1) is 12.3 Å². The highest BCUT2D eigenvalue weighted by atomic mass is 32.2. The van der Waals surface area contributed by atoms with Crippen molar-refractivity contribution in [2.45, 2.75) is 52.5 Å². The molecule has 0 saturated carbocycles. The molecular weight excluding hydrogens is 362 g/mol. The average Bonchev–Trinajstić information content (AvgIpc) is 2.56. The van der Waals surface area contributed by atoms with Crippen LogP contribution in [-0.2, 0) is 15.3 Å². The topological polar surface area (TPSA) is 79.8 Å². The van der Waals surface area contributed by atoms with Gasteiger partial charge in [0.2, 0.25) is 0 Å². The number of aliphatic imine (C=N–C) groups is 1. The van der Waals surface area contributed by atoms with Crippen molar-refractivity contribution >= 4 is 15.8 Å². The van der Waals surface area contributed by atoms with E-state index in [-0.39, 0.29) is 17.2 Å². The third kappa shape index (κ3) is 9.65. The van der Waals surface area contributed by atoms with Gasteiger partial charge in [0.15, 0.2) is 5.96 Å². The highest BCUT2D eigenvalue weighted by Crippen LogP contribution is 2.30. The van der Waals surface area contributed by atoms with E-state index in [1.165, 1.54) is 11.8 Å². The minimum Gasteiger partial charge on any atom is -0.491 e. The smallest absolute Gasteiger partial charge is 0.191 e.